The molecule has 1 heterocycles. The number of carboxylic acids is 1. The highest BCUT2D eigenvalue weighted by Crippen LogP contribution is 2.23. The largest absolute Gasteiger partial charge is 0.480 e. The van der Waals surface area contributed by atoms with Gasteiger partial charge in [0.1, 0.15) is 12.4 Å². The molecule has 1 aromatic heterocycles. The van der Waals surface area contributed by atoms with E-state index in [1.54, 1.807) is 6.07 Å². The highest BCUT2D eigenvalue weighted by atomic mass is 19.1. The van der Waals surface area contributed by atoms with Crippen molar-refractivity contribution < 1.29 is 23.6 Å². The number of carbonyl (C=O) groups is 2. The van der Waals surface area contributed by atoms with Crippen LogP contribution in [0.3, 0.4) is 0 Å². The van der Waals surface area contributed by atoms with Crippen molar-refractivity contribution in [1.82, 2.24) is 10.1 Å². The van der Waals surface area contributed by atoms with Gasteiger partial charge >= 0.3 is 5.97 Å². The first kappa shape index (κ1) is 18.6. The lowest BCUT2D eigenvalue weighted by atomic mass is 9.99. The Morgan fingerprint density at radius 3 is 2.44 bits per heavy atom. The minimum Gasteiger partial charge on any atom is -0.480 e. The molecular formula is C18H21FN2O4. The van der Waals surface area contributed by atoms with E-state index in [0.29, 0.717) is 11.3 Å². The molecule has 1 aromatic carbocycles. The van der Waals surface area contributed by atoms with Gasteiger partial charge in [0.25, 0.3) is 5.91 Å². The summed E-state index contributed by atoms with van der Waals surface area (Å²) < 4.78 is 18.1. The molecule has 0 aliphatic heterocycles. The lowest BCUT2D eigenvalue weighted by molar-refractivity contribution is -0.137. The summed E-state index contributed by atoms with van der Waals surface area (Å²) in [6.45, 7) is 3.59. The molecule has 0 atom stereocenters. The smallest absolute Gasteiger partial charge is 0.323 e. The van der Waals surface area contributed by atoms with Crippen LogP contribution in [-0.2, 0) is 11.3 Å². The van der Waals surface area contributed by atoms with Crippen LogP contribution in [0.2, 0.25) is 0 Å². The average molecular weight is 348 g/mol. The number of carbonyl (C=O) groups excluding carboxylic acids is 1. The number of aromatic nitrogens is 1. The molecule has 6 nitrogen and oxygen atoms in total. The molecule has 0 radical (unpaired) electrons. The Hall–Kier alpha value is -2.70. The Morgan fingerprint density at radius 1 is 1.24 bits per heavy atom. The number of nitrogens with zero attached hydrogens (tertiary/aromatic N) is 2. The zero-order valence-electron chi connectivity index (χ0n) is 14.2. The van der Waals surface area contributed by atoms with Gasteiger partial charge < -0.3 is 14.5 Å². The minimum absolute atomic E-state index is 0.00487. The number of benzene rings is 1. The van der Waals surface area contributed by atoms with Crippen molar-refractivity contribution in [2.75, 3.05) is 6.54 Å². The molecule has 0 unspecified atom stereocenters. The van der Waals surface area contributed by atoms with Crippen molar-refractivity contribution in [2.24, 2.45) is 0 Å². The highest BCUT2D eigenvalue weighted by Gasteiger charge is 2.24. The van der Waals surface area contributed by atoms with Gasteiger partial charge in [-0.3, -0.25) is 9.59 Å². The zero-order chi connectivity index (χ0) is 18.4. The first-order chi connectivity index (χ1) is 11.9. The molecule has 0 saturated carbocycles. The molecule has 2 aromatic rings. The van der Waals surface area contributed by atoms with Crippen molar-refractivity contribution in [3.05, 3.63) is 53.2 Å². The summed E-state index contributed by atoms with van der Waals surface area (Å²) >= 11 is 0. The van der Waals surface area contributed by atoms with Crippen LogP contribution >= 0.6 is 0 Å². The number of halogens is 1. The van der Waals surface area contributed by atoms with E-state index in [2.05, 4.69) is 5.16 Å². The van der Waals surface area contributed by atoms with E-state index in [-0.39, 0.29) is 18.2 Å². The molecule has 0 aliphatic rings. The Bertz CT molecular complexity index is 723. The minimum atomic E-state index is -1.14. The van der Waals surface area contributed by atoms with Gasteiger partial charge in [-0.05, 0) is 30.5 Å². The summed E-state index contributed by atoms with van der Waals surface area (Å²) in [5.41, 5.74) is 1.31. The van der Waals surface area contributed by atoms with Crippen LogP contribution in [0.15, 0.2) is 34.9 Å². The first-order valence-electron chi connectivity index (χ1n) is 8.16. The average Bonchev–Trinajstić information content (AvgIpc) is 3.06. The summed E-state index contributed by atoms with van der Waals surface area (Å²) in [5, 5.41) is 13.0. The van der Waals surface area contributed by atoms with Crippen LogP contribution in [0.4, 0.5) is 4.39 Å². The molecule has 0 saturated heterocycles. The monoisotopic (exact) mass is 348 g/mol. The Balaban J connectivity index is 2.20. The van der Waals surface area contributed by atoms with E-state index < -0.39 is 24.2 Å². The van der Waals surface area contributed by atoms with Crippen LogP contribution in [0, 0.1) is 5.82 Å². The summed E-state index contributed by atoms with van der Waals surface area (Å²) in [6.07, 6.45) is 1.73. The predicted molar refractivity (Wildman–Crippen MR) is 88.6 cm³/mol. The lowest BCUT2D eigenvalue weighted by Crippen LogP contribution is -2.35. The van der Waals surface area contributed by atoms with E-state index in [0.717, 1.165) is 17.7 Å². The number of aliphatic carboxylic acids is 1. The maximum absolute atomic E-state index is 13.0. The Kier molecular flexibility index (Phi) is 6.27. The fraction of sp³-hybridized carbons (Fsp3) is 0.389. The van der Waals surface area contributed by atoms with E-state index in [4.69, 9.17) is 9.63 Å². The molecular weight excluding hydrogens is 327 g/mol. The molecule has 0 aliphatic carbocycles. The van der Waals surface area contributed by atoms with Gasteiger partial charge in [0.05, 0.1) is 5.69 Å². The van der Waals surface area contributed by atoms with Gasteiger partial charge in [-0.25, -0.2) is 4.39 Å². The van der Waals surface area contributed by atoms with Gasteiger partial charge in [-0.1, -0.05) is 31.1 Å². The molecule has 25 heavy (non-hydrogen) atoms. The van der Waals surface area contributed by atoms with Gasteiger partial charge in [0, 0.05) is 18.5 Å². The van der Waals surface area contributed by atoms with Gasteiger partial charge in [0.15, 0.2) is 0 Å². The SMILES string of the molecule is CCC(CC)c1cc(C(=O)N(CC(=O)O)Cc2ccc(F)cc2)on1. The third-order valence-corrected chi connectivity index (χ3v) is 4.04. The normalized spacial score (nSPS) is 10.9. The van der Waals surface area contributed by atoms with Gasteiger partial charge in [-0.2, -0.15) is 0 Å². The van der Waals surface area contributed by atoms with Gasteiger partial charge in [-0.15, -0.1) is 0 Å². The van der Waals surface area contributed by atoms with Crippen molar-refractivity contribution in [3.63, 3.8) is 0 Å². The summed E-state index contributed by atoms with van der Waals surface area (Å²) in [7, 11) is 0. The summed E-state index contributed by atoms with van der Waals surface area (Å²) in [4.78, 5) is 24.8. The lowest BCUT2D eigenvalue weighted by Gasteiger charge is -2.19. The molecule has 1 amide bonds. The quantitative estimate of drug-likeness (QED) is 0.790. The van der Waals surface area contributed by atoms with Crippen molar-refractivity contribution in [2.45, 2.75) is 39.2 Å². The number of hydrogen-bond acceptors (Lipinski definition) is 4. The molecule has 134 valence electrons. The zero-order valence-corrected chi connectivity index (χ0v) is 14.2. The maximum Gasteiger partial charge on any atom is 0.323 e. The van der Waals surface area contributed by atoms with Crippen LogP contribution in [-0.4, -0.2) is 33.6 Å². The fourth-order valence-electron chi connectivity index (χ4n) is 2.62. The van der Waals surface area contributed by atoms with E-state index >= 15 is 0 Å². The molecule has 1 N–H and O–H groups in total. The maximum atomic E-state index is 13.0. The molecule has 0 spiro atoms. The third-order valence-electron chi connectivity index (χ3n) is 4.04. The molecule has 2 rings (SSSR count). The van der Waals surface area contributed by atoms with Gasteiger partial charge in [0.2, 0.25) is 5.76 Å². The van der Waals surface area contributed by atoms with E-state index in [1.807, 2.05) is 13.8 Å². The predicted octanol–water partition coefficient (Wildman–Crippen LogP) is 3.44. The molecule has 0 fully saturated rings. The molecule has 0 bridgehead atoms. The second-order valence-corrected chi connectivity index (χ2v) is 5.81. The van der Waals surface area contributed by atoms with Crippen LogP contribution in [0.1, 0.15) is 54.4 Å². The fourth-order valence-corrected chi connectivity index (χ4v) is 2.62. The topological polar surface area (TPSA) is 83.6 Å². The number of rotatable bonds is 8. The third kappa shape index (κ3) is 4.89. The Morgan fingerprint density at radius 2 is 1.88 bits per heavy atom. The van der Waals surface area contributed by atoms with Crippen molar-refractivity contribution in [3.8, 4) is 0 Å². The van der Waals surface area contributed by atoms with Crippen LogP contribution in [0.5, 0.6) is 0 Å². The van der Waals surface area contributed by atoms with E-state index in [1.165, 1.54) is 24.3 Å². The standard InChI is InChI=1S/C18H21FN2O4/c1-3-13(4-2)15-9-16(25-20-15)18(24)21(11-17(22)23)10-12-5-7-14(19)8-6-12/h5-9,13H,3-4,10-11H2,1-2H3,(H,22,23). The number of carboxylic acid groups (broad SMARTS) is 1. The second-order valence-electron chi connectivity index (χ2n) is 5.81. The number of hydrogen-bond donors (Lipinski definition) is 1. The Labute approximate surface area is 145 Å². The second kappa shape index (κ2) is 8.41. The van der Waals surface area contributed by atoms with E-state index in [9.17, 15) is 14.0 Å². The highest BCUT2D eigenvalue weighted by molar-refractivity contribution is 5.93. The van der Waals surface area contributed by atoms with Crippen molar-refractivity contribution in [1.29, 1.82) is 0 Å². The first-order valence-corrected chi connectivity index (χ1v) is 8.16. The van der Waals surface area contributed by atoms with Crippen LogP contribution in [0.25, 0.3) is 0 Å². The van der Waals surface area contributed by atoms with Crippen molar-refractivity contribution >= 4 is 11.9 Å². The summed E-state index contributed by atoms with van der Waals surface area (Å²) in [6, 6.07) is 7.11. The molecule has 7 heteroatoms. The number of amides is 1. The van der Waals surface area contributed by atoms with Crippen LogP contribution < -0.4 is 0 Å². The summed E-state index contributed by atoms with van der Waals surface area (Å²) in [5.74, 6) is -1.91.